The maximum Gasteiger partial charge on any atom is 0.411 e. The lowest BCUT2D eigenvalue weighted by molar-refractivity contribution is -0.134. The summed E-state index contributed by atoms with van der Waals surface area (Å²) in [7, 11) is -3.99. The molecular weight excluding hydrogens is 551 g/mol. The fourth-order valence-corrected chi connectivity index (χ4v) is 6.40. The van der Waals surface area contributed by atoms with E-state index in [-0.39, 0.29) is 56.5 Å². The van der Waals surface area contributed by atoms with Gasteiger partial charge in [-0.3, -0.25) is 18.7 Å². The van der Waals surface area contributed by atoms with Crippen molar-refractivity contribution in [2.75, 3.05) is 23.3 Å². The zero-order valence-corrected chi connectivity index (χ0v) is 22.3. The molecule has 14 heteroatoms. The van der Waals surface area contributed by atoms with Gasteiger partial charge in [-0.25, -0.2) is 26.4 Å². The highest BCUT2D eigenvalue weighted by molar-refractivity contribution is 7.92. The topological polar surface area (TPSA) is 105 Å². The Hall–Kier alpha value is -4.07. The average molecular weight is 578 g/mol. The highest BCUT2D eigenvalue weighted by atomic mass is 32.2. The van der Waals surface area contributed by atoms with E-state index < -0.39 is 45.4 Å². The lowest BCUT2D eigenvalue weighted by Crippen LogP contribution is -2.52. The first-order valence-electron chi connectivity index (χ1n) is 12.5. The van der Waals surface area contributed by atoms with Crippen LogP contribution in [-0.2, 0) is 45.7 Å². The predicted molar refractivity (Wildman–Crippen MR) is 137 cm³/mol. The summed E-state index contributed by atoms with van der Waals surface area (Å²) in [5.74, 6) is -5.44. The molecule has 40 heavy (non-hydrogen) atoms. The van der Waals surface area contributed by atoms with E-state index in [1.807, 2.05) is 6.07 Å². The minimum Gasteiger partial charge on any atom is -0.445 e. The number of hydrogen-bond acceptors (Lipinski definition) is 6. The Balaban J connectivity index is 1.28. The van der Waals surface area contributed by atoms with Crippen molar-refractivity contribution in [3.8, 4) is 0 Å². The first-order chi connectivity index (χ1) is 19.0. The maximum atomic E-state index is 13.6. The molecule has 1 fully saturated rings. The molecule has 2 aliphatic rings. The summed E-state index contributed by atoms with van der Waals surface area (Å²) in [6, 6.07) is 10.2. The number of aromatic nitrogens is 2. The monoisotopic (exact) mass is 577 g/mol. The molecule has 1 saturated heterocycles. The molecule has 0 unspecified atom stereocenters. The third-order valence-corrected chi connectivity index (χ3v) is 8.58. The summed E-state index contributed by atoms with van der Waals surface area (Å²) in [5, 5.41) is 4.30. The molecule has 0 saturated carbocycles. The van der Waals surface area contributed by atoms with Crippen LogP contribution >= 0.6 is 0 Å². The molecule has 0 aliphatic carbocycles. The van der Waals surface area contributed by atoms with E-state index >= 15 is 0 Å². The molecule has 0 N–H and O–H groups in total. The van der Waals surface area contributed by atoms with Gasteiger partial charge >= 0.3 is 6.09 Å². The van der Waals surface area contributed by atoms with Gasteiger partial charge in [0, 0.05) is 12.6 Å². The molecule has 0 bridgehead atoms. The molecule has 2 aliphatic heterocycles. The van der Waals surface area contributed by atoms with Crippen LogP contribution in [0, 0.1) is 17.5 Å². The van der Waals surface area contributed by atoms with Gasteiger partial charge in [0.15, 0.2) is 17.5 Å². The summed E-state index contributed by atoms with van der Waals surface area (Å²) >= 11 is 0. The first-order valence-corrected chi connectivity index (χ1v) is 14.1. The second kappa shape index (κ2) is 10.8. The van der Waals surface area contributed by atoms with Crippen LogP contribution in [0.5, 0.6) is 0 Å². The van der Waals surface area contributed by atoms with Gasteiger partial charge in [-0.2, -0.15) is 5.10 Å². The Bertz CT molecular complexity index is 1530. The van der Waals surface area contributed by atoms with Crippen LogP contribution in [0.1, 0.15) is 23.7 Å². The van der Waals surface area contributed by atoms with E-state index in [9.17, 15) is 31.2 Å². The van der Waals surface area contributed by atoms with E-state index in [0.717, 1.165) is 26.9 Å². The number of sulfonamides is 1. The highest BCUT2D eigenvalue weighted by Gasteiger charge is 2.38. The predicted octanol–water partition coefficient (Wildman–Crippen LogP) is 3.02. The Labute approximate surface area is 228 Å². The number of nitrogens with zero attached hydrogens (tertiary/aromatic N) is 5. The number of fused-ring (bicyclic) bond motifs is 1. The second-order valence-electron chi connectivity index (χ2n) is 9.70. The number of carbonyl (C=O) groups is 2. The number of anilines is 1. The van der Waals surface area contributed by atoms with E-state index in [0.29, 0.717) is 5.69 Å². The minimum atomic E-state index is -3.99. The van der Waals surface area contributed by atoms with Gasteiger partial charge < -0.3 is 9.64 Å². The molecule has 1 aromatic heterocycles. The van der Waals surface area contributed by atoms with Gasteiger partial charge in [0.25, 0.3) is 10.0 Å². The number of carbonyl (C=O) groups excluding carboxylic acids is 2. The molecule has 2 amide bonds. The molecule has 0 radical (unpaired) electrons. The van der Waals surface area contributed by atoms with E-state index in [1.165, 1.54) is 11.1 Å². The van der Waals surface area contributed by atoms with Crippen LogP contribution in [0.3, 0.4) is 0 Å². The van der Waals surface area contributed by atoms with E-state index in [1.54, 1.807) is 35.9 Å². The lowest BCUT2D eigenvalue weighted by atomic mass is 10.1. The van der Waals surface area contributed by atoms with Crippen molar-refractivity contribution in [3.63, 3.8) is 0 Å². The van der Waals surface area contributed by atoms with Crippen molar-refractivity contribution in [3.05, 3.63) is 82.9 Å². The van der Waals surface area contributed by atoms with E-state index in [2.05, 4.69) is 5.10 Å². The van der Waals surface area contributed by atoms with Crippen LogP contribution in [0.2, 0.25) is 0 Å². The summed E-state index contributed by atoms with van der Waals surface area (Å²) in [4.78, 5) is 28.2. The van der Waals surface area contributed by atoms with Gasteiger partial charge in [0.1, 0.15) is 12.5 Å². The van der Waals surface area contributed by atoms with Crippen LogP contribution < -0.4 is 4.31 Å². The van der Waals surface area contributed by atoms with Gasteiger partial charge in [0.2, 0.25) is 5.91 Å². The SMILES string of the molecule is C[C@H]1Cn2ncc(N3CCN(C(=O)OCc4ccccc4)CS3(=O)=O)c2CN1C(=O)Cc1cc(F)c(F)c(F)c1. The number of hydrogen-bond donors (Lipinski definition) is 0. The molecule has 10 nitrogen and oxygen atoms in total. The number of amides is 2. The fourth-order valence-electron chi connectivity index (χ4n) is 4.82. The van der Waals surface area contributed by atoms with Crippen LogP contribution in [0.15, 0.2) is 48.7 Å². The third-order valence-electron chi connectivity index (χ3n) is 6.90. The summed E-state index contributed by atoms with van der Waals surface area (Å²) in [6.45, 7) is 2.08. The standard InChI is InChI=1S/C26H26F3N5O5S/c1-17-13-33-23(14-32(17)24(35)11-19-9-20(27)25(29)21(28)10-19)22(12-30-33)34-8-7-31(16-40(34,37)38)26(36)39-15-18-5-3-2-4-6-18/h2-6,9-10,12,17H,7-8,11,13-16H2,1H3/t17-/m0/s1. The Kier molecular flexibility index (Phi) is 7.45. The van der Waals surface area contributed by atoms with Crippen molar-refractivity contribution < 1.29 is 35.9 Å². The van der Waals surface area contributed by atoms with Gasteiger partial charge in [-0.1, -0.05) is 30.3 Å². The normalized spacial score (nSPS) is 18.4. The van der Waals surface area contributed by atoms with Gasteiger partial charge in [-0.15, -0.1) is 0 Å². The Morgan fingerprint density at radius 1 is 1.05 bits per heavy atom. The summed E-state index contributed by atoms with van der Waals surface area (Å²) in [6.07, 6.45) is 0.287. The molecule has 3 heterocycles. The Morgan fingerprint density at radius 2 is 1.75 bits per heavy atom. The summed E-state index contributed by atoms with van der Waals surface area (Å²) < 4.78 is 75.1. The van der Waals surface area contributed by atoms with Crippen molar-refractivity contribution in [2.24, 2.45) is 0 Å². The van der Waals surface area contributed by atoms with Crippen LogP contribution in [0.4, 0.5) is 23.7 Å². The largest absolute Gasteiger partial charge is 0.445 e. The number of halogens is 3. The number of ether oxygens (including phenoxy) is 1. The van der Waals surface area contributed by atoms with Gasteiger partial charge in [-0.05, 0) is 30.2 Å². The second-order valence-corrected chi connectivity index (χ2v) is 11.6. The van der Waals surface area contributed by atoms with Crippen molar-refractivity contribution in [1.82, 2.24) is 19.6 Å². The molecule has 212 valence electrons. The fraction of sp³-hybridized carbons (Fsp3) is 0.346. The first kappa shape index (κ1) is 27.5. The molecule has 5 rings (SSSR count). The van der Waals surface area contributed by atoms with Crippen LogP contribution in [-0.4, -0.2) is 65.0 Å². The molecular formula is C26H26F3N5O5S. The molecule has 1 atom stereocenters. The molecule has 3 aromatic rings. The highest BCUT2D eigenvalue weighted by Crippen LogP contribution is 2.31. The van der Waals surface area contributed by atoms with Crippen molar-refractivity contribution >= 4 is 27.7 Å². The van der Waals surface area contributed by atoms with Crippen molar-refractivity contribution in [1.29, 1.82) is 0 Å². The smallest absolute Gasteiger partial charge is 0.411 e. The zero-order valence-electron chi connectivity index (χ0n) is 21.5. The van der Waals surface area contributed by atoms with E-state index in [4.69, 9.17) is 4.74 Å². The summed E-state index contributed by atoms with van der Waals surface area (Å²) in [5.41, 5.74) is 1.49. The number of benzene rings is 2. The molecule has 0 spiro atoms. The zero-order chi connectivity index (χ0) is 28.6. The van der Waals surface area contributed by atoms with Crippen LogP contribution in [0.25, 0.3) is 0 Å². The van der Waals surface area contributed by atoms with Crippen molar-refractivity contribution in [2.45, 2.75) is 39.1 Å². The lowest BCUT2D eigenvalue weighted by Gasteiger charge is -2.37. The maximum absolute atomic E-state index is 13.6. The Morgan fingerprint density at radius 3 is 2.42 bits per heavy atom. The third kappa shape index (κ3) is 5.48. The molecule has 2 aromatic carbocycles. The minimum absolute atomic E-state index is 0.00363. The quantitative estimate of drug-likeness (QED) is 0.432. The number of rotatable bonds is 5. The average Bonchev–Trinajstić information content (AvgIpc) is 3.31. The van der Waals surface area contributed by atoms with Gasteiger partial charge in [0.05, 0.1) is 43.6 Å².